The van der Waals surface area contributed by atoms with Crippen molar-refractivity contribution in [2.45, 2.75) is 46.1 Å². The zero-order valence-electron chi connectivity index (χ0n) is 15.7. The number of unbranched alkanes of at least 4 members (excludes halogenated alkanes) is 1. The topological polar surface area (TPSA) is 60.5 Å². The van der Waals surface area contributed by atoms with E-state index in [9.17, 15) is 4.79 Å². The molecule has 5 heteroatoms. The highest BCUT2D eigenvalue weighted by atomic mass is 16.5. The Morgan fingerprint density at radius 2 is 2.00 bits per heavy atom. The molecule has 0 saturated heterocycles. The molecule has 0 aliphatic heterocycles. The van der Waals surface area contributed by atoms with Crippen LogP contribution in [0.4, 0.5) is 0 Å². The first-order valence-corrected chi connectivity index (χ1v) is 9.22. The highest BCUT2D eigenvalue weighted by Gasteiger charge is 2.07. The summed E-state index contributed by atoms with van der Waals surface area (Å²) in [5.41, 5.74) is 2.08. The van der Waals surface area contributed by atoms with Crippen molar-refractivity contribution in [3.05, 3.63) is 53.7 Å². The second-order valence-electron chi connectivity index (χ2n) is 6.21. The number of hydrogen-bond donors (Lipinski definition) is 1. The number of benzene rings is 1. The molecule has 1 heterocycles. The molecule has 140 valence electrons. The summed E-state index contributed by atoms with van der Waals surface area (Å²) in [6, 6.07) is 11.8. The van der Waals surface area contributed by atoms with Gasteiger partial charge in [0.2, 0.25) is 11.8 Å². The van der Waals surface area contributed by atoms with Gasteiger partial charge in [0.25, 0.3) is 0 Å². The van der Waals surface area contributed by atoms with E-state index in [2.05, 4.69) is 10.3 Å². The van der Waals surface area contributed by atoms with Crippen molar-refractivity contribution in [3.63, 3.8) is 0 Å². The minimum absolute atomic E-state index is 0.0332. The zero-order valence-corrected chi connectivity index (χ0v) is 15.7. The largest absolute Gasteiger partial charge is 0.494 e. The van der Waals surface area contributed by atoms with E-state index in [1.807, 2.05) is 50.2 Å². The van der Waals surface area contributed by atoms with Crippen molar-refractivity contribution in [3.8, 4) is 11.6 Å². The van der Waals surface area contributed by atoms with E-state index in [4.69, 9.17) is 9.47 Å². The summed E-state index contributed by atoms with van der Waals surface area (Å²) in [6.07, 6.45) is 4.75. The number of amides is 1. The molecule has 0 aliphatic rings. The fourth-order valence-corrected chi connectivity index (χ4v) is 2.45. The van der Waals surface area contributed by atoms with E-state index in [0.29, 0.717) is 32.1 Å². The van der Waals surface area contributed by atoms with Crippen LogP contribution in [-0.4, -0.2) is 24.1 Å². The maximum absolute atomic E-state index is 12.0. The molecule has 1 N–H and O–H groups in total. The predicted molar refractivity (Wildman–Crippen MR) is 102 cm³/mol. The Hall–Kier alpha value is -2.56. The lowest BCUT2D eigenvalue weighted by atomic mass is 10.2. The number of pyridine rings is 1. The smallest absolute Gasteiger partial charge is 0.220 e. The second kappa shape index (κ2) is 11.1. The first-order valence-electron chi connectivity index (χ1n) is 9.22. The number of aryl methyl sites for hydroxylation is 1. The zero-order chi connectivity index (χ0) is 18.6. The quantitative estimate of drug-likeness (QED) is 0.617. The Morgan fingerprint density at radius 3 is 2.81 bits per heavy atom. The third kappa shape index (κ3) is 7.13. The molecular weight excluding hydrogens is 328 g/mol. The van der Waals surface area contributed by atoms with Gasteiger partial charge in [-0.15, -0.1) is 0 Å². The molecule has 0 saturated carbocycles. The van der Waals surface area contributed by atoms with Crippen molar-refractivity contribution in [1.29, 1.82) is 0 Å². The number of ether oxygens (including phenoxy) is 2. The molecule has 1 aromatic heterocycles. The minimum atomic E-state index is 0.0332. The van der Waals surface area contributed by atoms with Crippen molar-refractivity contribution in [2.75, 3.05) is 13.2 Å². The van der Waals surface area contributed by atoms with E-state index in [1.165, 1.54) is 5.56 Å². The third-order valence-corrected chi connectivity index (χ3v) is 3.83. The molecule has 0 bridgehead atoms. The molecule has 2 rings (SSSR count). The lowest BCUT2D eigenvalue weighted by Crippen LogP contribution is -2.23. The molecule has 0 fully saturated rings. The lowest BCUT2D eigenvalue weighted by molar-refractivity contribution is -0.121. The first kappa shape index (κ1) is 19.8. The Labute approximate surface area is 155 Å². The van der Waals surface area contributed by atoms with Gasteiger partial charge >= 0.3 is 0 Å². The van der Waals surface area contributed by atoms with Gasteiger partial charge in [0.05, 0.1) is 13.2 Å². The van der Waals surface area contributed by atoms with Crippen molar-refractivity contribution in [2.24, 2.45) is 0 Å². The van der Waals surface area contributed by atoms with Crippen LogP contribution < -0.4 is 14.8 Å². The van der Waals surface area contributed by atoms with E-state index in [1.54, 1.807) is 6.20 Å². The number of hydrogen-bond acceptors (Lipinski definition) is 4. The van der Waals surface area contributed by atoms with Gasteiger partial charge in [-0.2, -0.15) is 0 Å². The molecule has 0 radical (unpaired) electrons. The van der Waals surface area contributed by atoms with E-state index >= 15 is 0 Å². The summed E-state index contributed by atoms with van der Waals surface area (Å²) >= 11 is 0. The fourth-order valence-electron chi connectivity index (χ4n) is 2.45. The Bertz CT molecular complexity index is 688. The summed E-state index contributed by atoms with van der Waals surface area (Å²) in [5, 5.41) is 2.93. The first-order chi connectivity index (χ1) is 12.7. The Morgan fingerprint density at radius 1 is 1.12 bits per heavy atom. The van der Waals surface area contributed by atoms with Gasteiger partial charge in [-0.1, -0.05) is 25.1 Å². The summed E-state index contributed by atoms with van der Waals surface area (Å²) in [7, 11) is 0. The highest BCUT2D eigenvalue weighted by molar-refractivity contribution is 5.75. The summed E-state index contributed by atoms with van der Waals surface area (Å²) in [4.78, 5) is 16.2. The van der Waals surface area contributed by atoms with Gasteiger partial charge in [0, 0.05) is 24.7 Å². The Balaban J connectivity index is 1.63. The van der Waals surface area contributed by atoms with Crippen molar-refractivity contribution in [1.82, 2.24) is 10.3 Å². The molecule has 5 nitrogen and oxygen atoms in total. The van der Waals surface area contributed by atoms with Gasteiger partial charge in [-0.05, 0) is 49.9 Å². The van der Waals surface area contributed by atoms with Crippen LogP contribution in [0.3, 0.4) is 0 Å². The number of carbonyl (C=O) groups is 1. The normalized spacial score (nSPS) is 10.4. The van der Waals surface area contributed by atoms with Gasteiger partial charge in [0.1, 0.15) is 5.75 Å². The summed E-state index contributed by atoms with van der Waals surface area (Å²) in [5.74, 6) is 1.51. The van der Waals surface area contributed by atoms with Crippen LogP contribution in [0.15, 0.2) is 42.6 Å². The molecule has 0 unspecified atom stereocenters. The van der Waals surface area contributed by atoms with Gasteiger partial charge in [-0.3, -0.25) is 4.79 Å². The van der Waals surface area contributed by atoms with Crippen LogP contribution in [-0.2, 0) is 11.3 Å². The average molecular weight is 356 g/mol. The van der Waals surface area contributed by atoms with E-state index in [0.717, 1.165) is 30.6 Å². The molecule has 0 spiro atoms. The number of aromatic nitrogens is 1. The van der Waals surface area contributed by atoms with E-state index in [-0.39, 0.29) is 5.91 Å². The monoisotopic (exact) mass is 356 g/mol. The van der Waals surface area contributed by atoms with Gasteiger partial charge in [0.15, 0.2) is 0 Å². The van der Waals surface area contributed by atoms with Crippen LogP contribution >= 0.6 is 0 Å². The molecule has 26 heavy (non-hydrogen) atoms. The van der Waals surface area contributed by atoms with Gasteiger partial charge in [-0.25, -0.2) is 4.98 Å². The van der Waals surface area contributed by atoms with Crippen LogP contribution in [0, 0.1) is 6.92 Å². The van der Waals surface area contributed by atoms with Crippen molar-refractivity contribution < 1.29 is 14.3 Å². The Kier molecular flexibility index (Phi) is 8.46. The number of nitrogens with one attached hydrogen (secondary N) is 1. The number of carbonyl (C=O) groups excluding carboxylic acids is 1. The highest BCUT2D eigenvalue weighted by Crippen LogP contribution is 2.15. The van der Waals surface area contributed by atoms with Crippen LogP contribution in [0.5, 0.6) is 11.6 Å². The second-order valence-corrected chi connectivity index (χ2v) is 6.21. The predicted octanol–water partition coefficient (Wildman–Crippen LogP) is 4.04. The molecule has 1 amide bonds. The minimum Gasteiger partial charge on any atom is -0.494 e. The van der Waals surface area contributed by atoms with Crippen LogP contribution in [0.2, 0.25) is 0 Å². The number of nitrogens with zero attached hydrogens (tertiary/aromatic N) is 1. The molecule has 0 atom stereocenters. The molecular formula is C21H28N2O3. The van der Waals surface area contributed by atoms with Gasteiger partial charge < -0.3 is 14.8 Å². The summed E-state index contributed by atoms with van der Waals surface area (Å²) < 4.78 is 11.3. The maximum Gasteiger partial charge on any atom is 0.220 e. The molecule has 0 aliphatic carbocycles. The summed E-state index contributed by atoms with van der Waals surface area (Å²) in [6.45, 7) is 5.77. The average Bonchev–Trinajstić information content (AvgIpc) is 2.65. The van der Waals surface area contributed by atoms with Crippen LogP contribution in [0.1, 0.15) is 43.7 Å². The fraction of sp³-hybridized carbons (Fsp3) is 0.429. The van der Waals surface area contributed by atoms with Crippen LogP contribution in [0.25, 0.3) is 0 Å². The lowest BCUT2D eigenvalue weighted by Gasteiger charge is -2.10. The molecule has 2 aromatic rings. The van der Waals surface area contributed by atoms with Crippen molar-refractivity contribution >= 4 is 5.91 Å². The third-order valence-electron chi connectivity index (χ3n) is 3.83. The standard InChI is InChI=1S/C21H28N2O3/c1-3-13-26-21-18(9-7-12-22-21)16-23-20(24)11-4-5-14-25-19-10-6-8-17(2)15-19/h6-10,12,15H,3-5,11,13-14,16H2,1-2H3,(H,23,24). The van der Waals surface area contributed by atoms with E-state index < -0.39 is 0 Å². The maximum atomic E-state index is 12.0. The number of rotatable bonds is 11. The SMILES string of the molecule is CCCOc1ncccc1CNC(=O)CCCCOc1cccc(C)c1. The molecule has 1 aromatic carbocycles.